The molecule has 1 fully saturated rings. The molecule has 4 rings (SSSR count). The van der Waals surface area contributed by atoms with Crippen LogP contribution in [0.5, 0.6) is 0 Å². The fourth-order valence-corrected chi connectivity index (χ4v) is 4.26. The number of halogens is 2. The minimum atomic E-state index is -0.840. The number of aliphatic hydroxyl groups excluding tert-OH is 3. The van der Waals surface area contributed by atoms with Crippen molar-refractivity contribution in [3.8, 4) is 11.3 Å². The van der Waals surface area contributed by atoms with E-state index in [2.05, 4.69) is 15.3 Å². The summed E-state index contributed by atoms with van der Waals surface area (Å²) < 4.78 is 28.4. The van der Waals surface area contributed by atoms with E-state index in [0.29, 0.717) is 36.1 Å². The molecular formula is C28H36F2N4O4. The van der Waals surface area contributed by atoms with E-state index in [1.165, 1.54) is 36.5 Å². The van der Waals surface area contributed by atoms with Crippen molar-refractivity contribution in [1.82, 2.24) is 15.3 Å². The molecule has 0 radical (unpaired) electrons. The quantitative estimate of drug-likeness (QED) is 0.337. The highest BCUT2D eigenvalue weighted by Gasteiger charge is 2.30. The molecule has 1 saturated carbocycles. The highest BCUT2D eigenvalue weighted by Crippen LogP contribution is 2.34. The lowest BCUT2D eigenvalue weighted by molar-refractivity contribution is -0.0153. The minimum absolute atomic E-state index is 0.0566. The smallest absolute Gasteiger partial charge is 0.254 e. The summed E-state index contributed by atoms with van der Waals surface area (Å²) in [5.41, 5.74) is 8.36. The number of amides is 1. The fourth-order valence-electron chi connectivity index (χ4n) is 4.26. The molecule has 1 aromatic heterocycles. The van der Waals surface area contributed by atoms with Crippen molar-refractivity contribution in [3.05, 3.63) is 76.6 Å². The number of nitrogens with two attached hydrogens (primary N) is 1. The van der Waals surface area contributed by atoms with Crippen molar-refractivity contribution in [2.24, 2.45) is 0 Å². The van der Waals surface area contributed by atoms with Crippen LogP contribution in [0.15, 0.2) is 42.6 Å². The van der Waals surface area contributed by atoms with E-state index in [1.54, 1.807) is 13.0 Å². The summed E-state index contributed by atoms with van der Waals surface area (Å²) in [6, 6.07) is 8.48. The Hall–Kier alpha value is -3.47. The van der Waals surface area contributed by atoms with Gasteiger partial charge in [-0.15, -0.1) is 0 Å². The number of carbonyl (C=O) groups is 1. The van der Waals surface area contributed by atoms with Gasteiger partial charge >= 0.3 is 0 Å². The minimum Gasteiger partial charge on any atom is -0.400 e. The SMILES string of the molecule is CC.CO.Cc1cc(F)cc(CNC(=O)c2ccc(-c3nc(C4CCC(O)C(O)C4)cnc3N)cc2F)c1. The molecule has 3 unspecified atom stereocenters. The number of nitrogen functional groups attached to an aromatic ring is 1. The number of benzene rings is 2. The number of aryl methyl sites for hydroxylation is 1. The van der Waals surface area contributed by atoms with Crippen molar-refractivity contribution >= 4 is 11.7 Å². The lowest BCUT2D eigenvalue weighted by atomic mass is 9.83. The van der Waals surface area contributed by atoms with Crippen LogP contribution in [0.25, 0.3) is 11.3 Å². The highest BCUT2D eigenvalue weighted by atomic mass is 19.1. The molecular weight excluding hydrogens is 494 g/mol. The molecule has 0 spiro atoms. The van der Waals surface area contributed by atoms with Crippen LogP contribution >= 0.6 is 0 Å². The first-order valence-corrected chi connectivity index (χ1v) is 12.5. The second kappa shape index (κ2) is 14.5. The Kier molecular flexibility index (Phi) is 11.7. The number of anilines is 1. The topological polar surface area (TPSA) is 142 Å². The van der Waals surface area contributed by atoms with E-state index in [0.717, 1.165) is 12.7 Å². The maximum Gasteiger partial charge on any atom is 0.254 e. The van der Waals surface area contributed by atoms with E-state index < -0.39 is 29.7 Å². The predicted molar refractivity (Wildman–Crippen MR) is 142 cm³/mol. The maximum absolute atomic E-state index is 14.9. The first-order chi connectivity index (χ1) is 18.2. The van der Waals surface area contributed by atoms with Crippen LogP contribution in [-0.2, 0) is 6.54 Å². The molecule has 0 aliphatic heterocycles. The largest absolute Gasteiger partial charge is 0.400 e. The Morgan fingerprint density at radius 3 is 2.42 bits per heavy atom. The number of hydrogen-bond donors (Lipinski definition) is 5. The van der Waals surface area contributed by atoms with Gasteiger partial charge in [-0.2, -0.15) is 0 Å². The van der Waals surface area contributed by atoms with Crippen LogP contribution in [0, 0.1) is 18.6 Å². The van der Waals surface area contributed by atoms with Gasteiger partial charge in [0.25, 0.3) is 5.91 Å². The van der Waals surface area contributed by atoms with Crippen molar-refractivity contribution < 1.29 is 28.9 Å². The van der Waals surface area contributed by atoms with Crippen molar-refractivity contribution in [1.29, 1.82) is 0 Å². The Morgan fingerprint density at radius 1 is 1.08 bits per heavy atom. The van der Waals surface area contributed by atoms with E-state index >= 15 is 0 Å². The third kappa shape index (κ3) is 7.77. The third-order valence-corrected chi connectivity index (χ3v) is 6.06. The average Bonchev–Trinajstić information content (AvgIpc) is 2.91. The number of aliphatic hydroxyl groups is 3. The highest BCUT2D eigenvalue weighted by molar-refractivity contribution is 5.95. The van der Waals surface area contributed by atoms with E-state index in [1.807, 2.05) is 13.8 Å². The standard InChI is InChI=1S/C25H26F2N4O3.C2H6.CH4O/c1-13-6-14(8-17(26)7-13)11-30-25(34)18-4-2-16(9-19(18)27)23-24(28)29-12-20(31-23)15-3-5-21(32)22(33)10-15;2*1-2/h2,4,6-9,12,15,21-22,32-33H,3,5,10-11H2,1H3,(H2,28,29)(H,30,34);1-2H3;2H,1H3. The van der Waals surface area contributed by atoms with Crippen LogP contribution in [0.1, 0.15) is 66.2 Å². The molecule has 38 heavy (non-hydrogen) atoms. The van der Waals surface area contributed by atoms with Crippen molar-refractivity contribution in [2.45, 2.75) is 64.7 Å². The monoisotopic (exact) mass is 530 g/mol. The van der Waals surface area contributed by atoms with Gasteiger partial charge in [-0.05, 0) is 61.6 Å². The summed E-state index contributed by atoms with van der Waals surface area (Å²) in [6.07, 6.45) is 1.36. The lowest BCUT2D eigenvalue weighted by Crippen LogP contribution is -2.33. The zero-order chi connectivity index (χ0) is 28.4. The number of aromatic nitrogens is 2. The summed E-state index contributed by atoms with van der Waals surface area (Å²) in [4.78, 5) is 21.2. The Morgan fingerprint density at radius 2 is 1.79 bits per heavy atom. The average molecular weight is 531 g/mol. The molecule has 8 nitrogen and oxygen atoms in total. The van der Waals surface area contributed by atoms with Crippen molar-refractivity contribution in [2.75, 3.05) is 12.8 Å². The molecule has 1 amide bonds. The molecule has 6 N–H and O–H groups in total. The summed E-state index contributed by atoms with van der Waals surface area (Å²) in [7, 11) is 1.00. The van der Waals surface area contributed by atoms with Gasteiger partial charge < -0.3 is 26.4 Å². The second-order valence-corrected chi connectivity index (χ2v) is 8.69. The maximum atomic E-state index is 14.9. The number of rotatable bonds is 5. The van der Waals surface area contributed by atoms with Crippen LogP contribution in [0.2, 0.25) is 0 Å². The summed E-state index contributed by atoms with van der Waals surface area (Å²) in [6.45, 7) is 5.80. The summed E-state index contributed by atoms with van der Waals surface area (Å²) >= 11 is 0. The fraction of sp³-hybridized carbons (Fsp3) is 0.393. The van der Waals surface area contributed by atoms with E-state index in [4.69, 9.17) is 10.8 Å². The van der Waals surface area contributed by atoms with Gasteiger partial charge in [0.2, 0.25) is 0 Å². The third-order valence-electron chi connectivity index (χ3n) is 6.06. The van der Waals surface area contributed by atoms with Gasteiger partial charge in [-0.3, -0.25) is 4.79 Å². The molecule has 206 valence electrons. The van der Waals surface area contributed by atoms with Gasteiger partial charge in [0.1, 0.15) is 23.1 Å². The molecule has 1 aliphatic rings. The molecule has 3 atom stereocenters. The Bertz CT molecular complexity index is 1210. The molecule has 2 aromatic carbocycles. The van der Waals surface area contributed by atoms with Crippen LogP contribution < -0.4 is 11.1 Å². The van der Waals surface area contributed by atoms with E-state index in [-0.39, 0.29) is 29.5 Å². The second-order valence-electron chi connectivity index (χ2n) is 8.69. The van der Waals surface area contributed by atoms with Gasteiger partial charge in [0.15, 0.2) is 0 Å². The number of hydrogen-bond acceptors (Lipinski definition) is 7. The van der Waals surface area contributed by atoms with E-state index in [9.17, 15) is 23.8 Å². The number of nitrogens with one attached hydrogen (secondary N) is 1. The molecule has 10 heteroatoms. The van der Waals surface area contributed by atoms with Crippen LogP contribution in [0.4, 0.5) is 14.6 Å². The lowest BCUT2D eigenvalue weighted by Gasteiger charge is -2.29. The van der Waals surface area contributed by atoms with Crippen LogP contribution in [0.3, 0.4) is 0 Å². The predicted octanol–water partition coefficient (Wildman–Crippen LogP) is 3.87. The van der Waals surface area contributed by atoms with Gasteiger partial charge in [0, 0.05) is 25.1 Å². The normalized spacial score (nSPS) is 18.4. The Balaban J connectivity index is 0.00000121. The van der Waals surface area contributed by atoms with Gasteiger partial charge in [-0.25, -0.2) is 18.7 Å². The molecule has 0 saturated heterocycles. The first kappa shape index (κ1) is 30.8. The summed E-state index contributed by atoms with van der Waals surface area (Å²) in [5.74, 6) is -1.79. The Labute approximate surface area is 221 Å². The van der Waals surface area contributed by atoms with Crippen LogP contribution in [-0.4, -0.2) is 50.5 Å². The molecule has 3 aromatic rings. The van der Waals surface area contributed by atoms with Gasteiger partial charge in [-0.1, -0.05) is 26.0 Å². The van der Waals surface area contributed by atoms with Crippen molar-refractivity contribution in [3.63, 3.8) is 0 Å². The molecule has 1 heterocycles. The zero-order valence-corrected chi connectivity index (χ0v) is 22.1. The summed E-state index contributed by atoms with van der Waals surface area (Å²) in [5, 5.41) is 29.3. The molecule has 0 bridgehead atoms. The molecule has 1 aliphatic carbocycles. The number of carbonyl (C=O) groups excluding carboxylic acids is 1. The zero-order valence-electron chi connectivity index (χ0n) is 22.1. The van der Waals surface area contributed by atoms with Gasteiger partial charge in [0.05, 0.1) is 29.7 Å². The first-order valence-electron chi connectivity index (χ1n) is 12.5. The number of nitrogens with zero attached hydrogens (tertiary/aromatic N) is 2.